The summed E-state index contributed by atoms with van der Waals surface area (Å²) in [5.74, 6) is 0. The molecule has 0 aliphatic carbocycles. The SMILES string of the molecule is C=C[C@H]1OC(=O)O[C@H]1C[C@@H](C)O. The third-order valence-corrected chi connectivity index (χ3v) is 1.65. The normalized spacial score (nSPS) is 30.7. The number of rotatable bonds is 3. The Morgan fingerprint density at radius 2 is 2.42 bits per heavy atom. The molecular weight excluding hydrogens is 160 g/mol. The molecular formula is C8H12O4. The highest BCUT2D eigenvalue weighted by Crippen LogP contribution is 2.19. The lowest BCUT2D eigenvalue weighted by atomic mass is 10.1. The van der Waals surface area contributed by atoms with Crippen molar-refractivity contribution in [1.82, 2.24) is 0 Å². The van der Waals surface area contributed by atoms with Crippen LogP contribution in [0.3, 0.4) is 0 Å². The van der Waals surface area contributed by atoms with Crippen LogP contribution in [0.5, 0.6) is 0 Å². The molecule has 1 aliphatic rings. The molecule has 1 heterocycles. The monoisotopic (exact) mass is 172 g/mol. The van der Waals surface area contributed by atoms with Crippen LogP contribution >= 0.6 is 0 Å². The lowest BCUT2D eigenvalue weighted by Crippen LogP contribution is -2.24. The molecule has 1 fully saturated rings. The van der Waals surface area contributed by atoms with Gasteiger partial charge in [0.1, 0.15) is 6.10 Å². The van der Waals surface area contributed by atoms with Crippen molar-refractivity contribution in [1.29, 1.82) is 0 Å². The van der Waals surface area contributed by atoms with Crippen molar-refractivity contribution >= 4 is 6.16 Å². The number of hydrogen-bond acceptors (Lipinski definition) is 4. The molecule has 1 saturated heterocycles. The smallest absolute Gasteiger partial charge is 0.427 e. The maximum absolute atomic E-state index is 10.6. The second-order valence-electron chi connectivity index (χ2n) is 2.81. The topological polar surface area (TPSA) is 55.8 Å². The van der Waals surface area contributed by atoms with Gasteiger partial charge in [0.05, 0.1) is 6.10 Å². The van der Waals surface area contributed by atoms with Gasteiger partial charge in [0.25, 0.3) is 0 Å². The lowest BCUT2D eigenvalue weighted by Gasteiger charge is -2.12. The Labute approximate surface area is 70.8 Å². The van der Waals surface area contributed by atoms with Gasteiger partial charge < -0.3 is 14.6 Å². The summed E-state index contributed by atoms with van der Waals surface area (Å²) in [5.41, 5.74) is 0. The van der Waals surface area contributed by atoms with Crippen molar-refractivity contribution in [2.24, 2.45) is 0 Å². The molecule has 4 heteroatoms. The number of carbonyl (C=O) groups excluding carboxylic acids is 1. The molecule has 0 aromatic carbocycles. The quantitative estimate of drug-likeness (QED) is 0.506. The summed E-state index contributed by atoms with van der Waals surface area (Å²) in [5, 5.41) is 9.03. The fraction of sp³-hybridized carbons (Fsp3) is 0.625. The molecule has 0 unspecified atom stereocenters. The molecule has 3 atom stereocenters. The molecule has 4 nitrogen and oxygen atoms in total. The largest absolute Gasteiger partial charge is 0.509 e. The van der Waals surface area contributed by atoms with Crippen LogP contribution in [-0.2, 0) is 9.47 Å². The summed E-state index contributed by atoms with van der Waals surface area (Å²) in [6, 6.07) is 0. The van der Waals surface area contributed by atoms with Gasteiger partial charge in [-0.2, -0.15) is 0 Å². The van der Waals surface area contributed by atoms with Crippen LogP contribution in [0, 0.1) is 0 Å². The summed E-state index contributed by atoms with van der Waals surface area (Å²) >= 11 is 0. The first-order valence-corrected chi connectivity index (χ1v) is 3.81. The van der Waals surface area contributed by atoms with Crippen LogP contribution in [-0.4, -0.2) is 29.6 Å². The number of aliphatic hydroxyl groups is 1. The van der Waals surface area contributed by atoms with Gasteiger partial charge in [-0.05, 0) is 13.0 Å². The minimum absolute atomic E-state index is 0.377. The molecule has 0 aromatic rings. The molecule has 0 radical (unpaired) electrons. The van der Waals surface area contributed by atoms with E-state index in [1.165, 1.54) is 6.08 Å². The fourth-order valence-electron chi connectivity index (χ4n) is 1.12. The highest BCUT2D eigenvalue weighted by Gasteiger charge is 2.34. The molecule has 12 heavy (non-hydrogen) atoms. The Hall–Kier alpha value is -1.03. The number of cyclic esters (lactones) is 2. The van der Waals surface area contributed by atoms with Gasteiger partial charge in [-0.1, -0.05) is 6.58 Å². The Bertz CT molecular complexity index is 187. The molecule has 68 valence electrons. The second-order valence-corrected chi connectivity index (χ2v) is 2.81. The minimum Gasteiger partial charge on any atom is -0.427 e. The van der Waals surface area contributed by atoms with Crippen molar-refractivity contribution in [2.45, 2.75) is 31.7 Å². The standard InChI is InChI=1S/C8H12O4/c1-3-6-7(4-5(2)9)12-8(10)11-6/h3,5-7,9H,1,4H2,2H3/t5-,6-,7+/m1/s1. The van der Waals surface area contributed by atoms with E-state index in [4.69, 9.17) is 14.6 Å². The average Bonchev–Trinajstić information content (AvgIpc) is 2.29. The van der Waals surface area contributed by atoms with Crippen LogP contribution < -0.4 is 0 Å². The van der Waals surface area contributed by atoms with E-state index in [0.717, 1.165) is 0 Å². The average molecular weight is 172 g/mol. The first-order chi connectivity index (χ1) is 5.63. The maximum Gasteiger partial charge on any atom is 0.509 e. The Morgan fingerprint density at radius 1 is 1.75 bits per heavy atom. The van der Waals surface area contributed by atoms with Crippen molar-refractivity contribution in [3.05, 3.63) is 12.7 Å². The molecule has 1 N–H and O–H groups in total. The predicted molar refractivity (Wildman–Crippen MR) is 41.6 cm³/mol. The number of ether oxygens (including phenoxy) is 2. The zero-order valence-electron chi connectivity index (χ0n) is 6.90. The first-order valence-electron chi connectivity index (χ1n) is 3.81. The van der Waals surface area contributed by atoms with Crippen LogP contribution in [0.25, 0.3) is 0 Å². The van der Waals surface area contributed by atoms with Crippen molar-refractivity contribution in [2.75, 3.05) is 0 Å². The Kier molecular flexibility index (Phi) is 2.70. The second kappa shape index (κ2) is 3.58. The van der Waals surface area contributed by atoms with E-state index in [0.29, 0.717) is 6.42 Å². The zero-order chi connectivity index (χ0) is 9.14. The number of aliphatic hydroxyl groups excluding tert-OH is 1. The van der Waals surface area contributed by atoms with Crippen molar-refractivity contribution in [3.8, 4) is 0 Å². The van der Waals surface area contributed by atoms with E-state index in [9.17, 15) is 4.79 Å². The molecule has 1 aliphatic heterocycles. The van der Waals surface area contributed by atoms with Gasteiger partial charge in [0, 0.05) is 6.42 Å². The first kappa shape index (κ1) is 9.06. The van der Waals surface area contributed by atoms with Gasteiger partial charge in [0.15, 0.2) is 6.10 Å². The molecule has 0 spiro atoms. The third kappa shape index (κ3) is 1.98. The third-order valence-electron chi connectivity index (χ3n) is 1.65. The van der Waals surface area contributed by atoms with Gasteiger partial charge >= 0.3 is 6.16 Å². The fourth-order valence-corrected chi connectivity index (χ4v) is 1.12. The van der Waals surface area contributed by atoms with Crippen LogP contribution in [0.2, 0.25) is 0 Å². The molecule has 0 bridgehead atoms. The van der Waals surface area contributed by atoms with Crippen molar-refractivity contribution in [3.63, 3.8) is 0 Å². The summed E-state index contributed by atoms with van der Waals surface area (Å²) in [7, 11) is 0. The Balaban J connectivity index is 2.51. The van der Waals surface area contributed by atoms with Crippen LogP contribution in [0.15, 0.2) is 12.7 Å². The lowest BCUT2D eigenvalue weighted by molar-refractivity contribution is 0.0863. The van der Waals surface area contributed by atoms with Gasteiger partial charge in [-0.25, -0.2) is 4.79 Å². The molecule has 0 amide bonds. The minimum atomic E-state index is -0.689. The molecule has 0 aromatic heterocycles. The van der Waals surface area contributed by atoms with E-state index in [1.807, 2.05) is 0 Å². The maximum atomic E-state index is 10.6. The van der Waals surface area contributed by atoms with Crippen molar-refractivity contribution < 1.29 is 19.4 Å². The summed E-state index contributed by atoms with van der Waals surface area (Å²) in [6.45, 7) is 5.13. The Morgan fingerprint density at radius 3 is 2.92 bits per heavy atom. The number of carbonyl (C=O) groups is 1. The summed E-state index contributed by atoms with van der Waals surface area (Å²) < 4.78 is 9.52. The van der Waals surface area contributed by atoms with Gasteiger partial charge in [-0.3, -0.25) is 0 Å². The molecule has 1 rings (SSSR count). The summed E-state index contributed by atoms with van der Waals surface area (Å²) in [6.07, 6.45) is -0.139. The highest BCUT2D eigenvalue weighted by atomic mass is 16.8. The van der Waals surface area contributed by atoms with E-state index >= 15 is 0 Å². The summed E-state index contributed by atoms with van der Waals surface area (Å²) in [4.78, 5) is 10.6. The van der Waals surface area contributed by atoms with Crippen LogP contribution in [0.1, 0.15) is 13.3 Å². The van der Waals surface area contributed by atoms with Crippen LogP contribution in [0.4, 0.5) is 4.79 Å². The highest BCUT2D eigenvalue weighted by molar-refractivity contribution is 5.62. The van der Waals surface area contributed by atoms with Gasteiger partial charge in [0.2, 0.25) is 0 Å². The van der Waals surface area contributed by atoms with E-state index < -0.39 is 24.5 Å². The predicted octanol–water partition coefficient (Wildman–Crippen LogP) is 0.847. The van der Waals surface area contributed by atoms with Gasteiger partial charge in [-0.15, -0.1) is 0 Å². The number of hydrogen-bond donors (Lipinski definition) is 1. The van der Waals surface area contributed by atoms with E-state index in [1.54, 1.807) is 6.92 Å². The zero-order valence-corrected chi connectivity index (χ0v) is 6.90. The van der Waals surface area contributed by atoms with E-state index in [2.05, 4.69) is 6.58 Å². The van der Waals surface area contributed by atoms with E-state index in [-0.39, 0.29) is 0 Å². The molecule has 0 saturated carbocycles.